The second-order valence-corrected chi connectivity index (χ2v) is 7.88. The Morgan fingerprint density at radius 3 is 2.66 bits per heavy atom. The van der Waals surface area contributed by atoms with Crippen molar-refractivity contribution in [2.24, 2.45) is 0 Å². The number of carbonyl (C=O) groups is 1. The average molecular weight is 404 g/mol. The van der Waals surface area contributed by atoms with Crippen molar-refractivity contribution in [3.05, 3.63) is 77.1 Å². The van der Waals surface area contributed by atoms with Crippen LogP contribution in [0.2, 0.25) is 0 Å². The van der Waals surface area contributed by atoms with Crippen molar-refractivity contribution in [3.8, 4) is 17.1 Å². The molecule has 1 N–H and O–H groups in total. The molecule has 0 aliphatic rings. The Labute approximate surface area is 173 Å². The maximum atomic E-state index is 12.6. The van der Waals surface area contributed by atoms with Gasteiger partial charge in [0, 0.05) is 29.0 Å². The van der Waals surface area contributed by atoms with Gasteiger partial charge in [-0.2, -0.15) is 5.10 Å². The van der Waals surface area contributed by atoms with Crippen molar-refractivity contribution in [2.75, 3.05) is 5.32 Å². The third-order valence-corrected chi connectivity index (χ3v) is 5.42. The Morgan fingerprint density at radius 1 is 1.17 bits per heavy atom. The minimum absolute atomic E-state index is 0.233. The molecule has 0 aliphatic heterocycles. The molecule has 146 valence electrons. The highest BCUT2D eigenvalue weighted by Crippen LogP contribution is 2.31. The van der Waals surface area contributed by atoms with Crippen LogP contribution in [-0.4, -0.2) is 25.7 Å². The summed E-state index contributed by atoms with van der Waals surface area (Å²) in [7, 11) is 0. The molecule has 7 heteroatoms. The number of carbonyl (C=O) groups excluding carboxylic acids is 1. The number of thiazole rings is 1. The molecule has 0 spiro atoms. The summed E-state index contributed by atoms with van der Waals surface area (Å²) in [6.45, 7) is 4.19. The first kappa shape index (κ1) is 19.0. The van der Waals surface area contributed by atoms with Crippen molar-refractivity contribution >= 4 is 22.4 Å². The molecule has 0 saturated carbocycles. The largest absolute Gasteiger partial charge is 0.298 e. The van der Waals surface area contributed by atoms with E-state index < -0.39 is 0 Å². The van der Waals surface area contributed by atoms with E-state index in [1.54, 1.807) is 35.4 Å². The van der Waals surface area contributed by atoms with Crippen LogP contribution in [0.25, 0.3) is 17.1 Å². The topological polar surface area (TPSA) is 72.7 Å². The molecular formula is C22H21N5OS. The standard InChI is InChI=1S/C22H21N5OS/c1-3-5-16-6-8-17(9-7-16)20-15(2)29-22(25-20)26-21(28)18-10-11-19(23-14-18)27-13-4-12-24-27/h4,6-14H,3,5H2,1-2H3,(H,25,26,28). The van der Waals surface area contributed by atoms with Crippen LogP contribution in [0.4, 0.5) is 5.13 Å². The first-order valence-corrected chi connectivity index (χ1v) is 10.3. The van der Waals surface area contributed by atoms with Gasteiger partial charge in [0.1, 0.15) is 0 Å². The van der Waals surface area contributed by atoms with E-state index in [1.807, 2.05) is 13.0 Å². The van der Waals surface area contributed by atoms with Crippen LogP contribution in [0.15, 0.2) is 61.1 Å². The first-order valence-electron chi connectivity index (χ1n) is 9.48. The predicted octanol–water partition coefficient (Wildman–Crippen LogP) is 4.90. The van der Waals surface area contributed by atoms with Gasteiger partial charge in [0.2, 0.25) is 0 Å². The molecule has 0 saturated heterocycles. The lowest BCUT2D eigenvalue weighted by Crippen LogP contribution is -2.12. The van der Waals surface area contributed by atoms with E-state index in [2.05, 4.69) is 51.6 Å². The minimum atomic E-state index is -0.233. The lowest BCUT2D eigenvalue weighted by atomic mass is 10.1. The fourth-order valence-corrected chi connectivity index (χ4v) is 3.90. The molecule has 0 aliphatic carbocycles. The normalized spacial score (nSPS) is 10.8. The number of benzene rings is 1. The van der Waals surface area contributed by atoms with E-state index in [4.69, 9.17) is 0 Å². The molecular weight excluding hydrogens is 382 g/mol. The zero-order valence-electron chi connectivity index (χ0n) is 16.3. The van der Waals surface area contributed by atoms with Gasteiger partial charge < -0.3 is 0 Å². The maximum Gasteiger partial charge on any atom is 0.259 e. The van der Waals surface area contributed by atoms with Crippen molar-refractivity contribution in [1.82, 2.24) is 19.7 Å². The molecule has 3 aromatic heterocycles. The van der Waals surface area contributed by atoms with Gasteiger partial charge in [-0.25, -0.2) is 14.6 Å². The molecule has 0 unspecified atom stereocenters. The number of rotatable bonds is 6. The molecule has 0 radical (unpaired) electrons. The van der Waals surface area contributed by atoms with Crippen molar-refractivity contribution < 1.29 is 4.79 Å². The van der Waals surface area contributed by atoms with Gasteiger partial charge >= 0.3 is 0 Å². The van der Waals surface area contributed by atoms with Crippen LogP contribution in [0.3, 0.4) is 0 Å². The van der Waals surface area contributed by atoms with Crippen LogP contribution in [0.1, 0.15) is 34.1 Å². The predicted molar refractivity (Wildman–Crippen MR) is 116 cm³/mol. The summed E-state index contributed by atoms with van der Waals surface area (Å²) in [5.41, 5.74) is 3.76. The fraction of sp³-hybridized carbons (Fsp3) is 0.182. The van der Waals surface area contributed by atoms with Crippen molar-refractivity contribution in [2.45, 2.75) is 26.7 Å². The number of amides is 1. The SMILES string of the molecule is CCCc1ccc(-c2nc(NC(=O)c3ccc(-n4cccn4)nc3)sc2C)cc1. The van der Waals surface area contributed by atoms with Crippen molar-refractivity contribution in [3.63, 3.8) is 0 Å². The average Bonchev–Trinajstić information content (AvgIpc) is 3.39. The van der Waals surface area contributed by atoms with E-state index in [1.165, 1.54) is 16.9 Å². The monoisotopic (exact) mass is 403 g/mol. The van der Waals surface area contributed by atoms with Gasteiger partial charge in [0.05, 0.1) is 11.3 Å². The van der Waals surface area contributed by atoms with Gasteiger partial charge in [0.15, 0.2) is 10.9 Å². The molecule has 4 rings (SSSR count). The van der Waals surface area contributed by atoms with Crippen LogP contribution in [0.5, 0.6) is 0 Å². The summed E-state index contributed by atoms with van der Waals surface area (Å²) >= 11 is 1.47. The fourth-order valence-electron chi connectivity index (χ4n) is 3.07. The summed E-state index contributed by atoms with van der Waals surface area (Å²) in [6.07, 6.45) is 7.23. The second-order valence-electron chi connectivity index (χ2n) is 6.68. The Morgan fingerprint density at radius 2 is 2.00 bits per heavy atom. The molecule has 1 amide bonds. The van der Waals surface area contributed by atoms with E-state index in [0.29, 0.717) is 16.5 Å². The summed E-state index contributed by atoms with van der Waals surface area (Å²) in [5, 5.41) is 7.59. The third-order valence-electron chi connectivity index (χ3n) is 4.53. The molecule has 0 fully saturated rings. The molecule has 29 heavy (non-hydrogen) atoms. The number of aromatic nitrogens is 4. The van der Waals surface area contributed by atoms with Gasteiger partial charge in [-0.1, -0.05) is 37.6 Å². The highest BCUT2D eigenvalue weighted by Gasteiger charge is 2.14. The van der Waals surface area contributed by atoms with Gasteiger partial charge in [-0.15, -0.1) is 11.3 Å². The number of pyridine rings is 1. The zero-order chi connectivity index (χ0) is 20.2. The molecule has 3 heterocycles. The first-order chi connectivity index (χ1) is 14.1. The van der Waals surface area contributed by atoms with Gasteiger partial charge in [0.25, 0.3) is 5.91 Å². The Bertz CT molecular complexity index is 1100. The zero-order valence-corrected chi connectivity index (χ0v) is 17.1. The summed E-state index contributed by atoms with van der Waals surface area (Å²) in [6, 6.07) is 13.8. The number of hydrogen-bond donors (Lipinski definition) is 1. The minimum Gasteiger partial charge on any atom is -0.298 e. The summed E-state index contributed by atoms with van der Waals surface area (Å²) < 4.78 is 1.64. The number of anilines is 1. The number of aryl methyl sites for hydroxylation is 2. The Kier molecular flexibility index (Phi) is 5.48. The number of nitrogens with zero attached hydrogens (tertiary/aromatic N) is 4. The summed E-state index contributed by atoms with van der Waals surface area (Å²) in [4.78, 5) is 22.6. The summed E-state index contributed by atoms with van der Waals surface area (Å²) in [5.74, 6) is 0.425. The highest BCUT2D eigenvalue weighted by atomic mass is 32.1. The Balaban J connectivity index is 1.48. The van der Waals surface area contributed by atoms with E-state index in [9.17, 15) is 4.79 Å². The van der Waals surface area contributed by atoms with Crippen LogP contribution >= 0.6 is 11.3 Å². The molecule has 4 aromatic rings. The van der Waals surface area contributed by atoms with Crippen LogP contribution < -0.4 is 5.32 Å². The lowest BCUT2D eigenvalue weighted by Gasteiger charge is -2.04. The maximum absolute atomic E-state index is 12.6. The van der Waals surface area contributed by atoms with Crippen LogP contribution in [0, 0.1) is 6.92 Å². The molecule has 0 atom stereocenters. The number of hydrogen-bond acceptors (Lipinski definition) is 5. The van der Waals surface area contributed by atoms with Gasteiger partial charge in [-0.3, -0.25) is 10.1 Å². The van der Waals surface area contributed by atoms with E-state index in [0.717, 1.165) is 29.0 Å². The van der Waals surface area contributed by atoms with E-state index in [-0.39, 0.29) is 5.91 Å². The third kappa shape index (κ3) is 4.25. The smallest absolute Gasteiger partial charge is 0.259 e. The van der Waals surface area contributed by atoms with Crippen molar-refractivity contribution in [1.29, 1.82) is 0 Å². The highest BCUT2D eigenvalue weighted by molar-refractivity contribution is 7.16. The Hall–Kier alpha value is -3.32. The van der Waals surface area contributed by atoms with Gasteiger partial charge in [-0.05, 0) is 37.1 Å². The van der Waals surface area contributed by atoms with Crippen LogP contribution in [-0.2, 0) is 6.42 Å². The second kappa shape index (κ2) is 8.36. The molecule has 6 nitrogen and oxygen atoms in total. The molecule has 1 aromatic carbocycles. The molecule has 0 bridgehead atoms. The quantitative estimate of drug-likeness (QED) is 0.497. The lowest BCUT2D eigenvalue weighted by molar-refractivity contribution is 0.102. The number of nitrogens with one attached hydrogen (secondary N) is 1. The van der Waals surface area contributed by atoms with E-state index >= 15 is 0 Å².